The number of hydrogen-bond acceptors (Lipinski definition) is 3. The third-order valence-electron chi connectivity index (χ3n) is 2.63. The Morgan fingerprint density at radius 3 is 2.16 bits per heavy atom. The van der Waals surface area contributed by atoms with E-state index >= 15 is 0 Å². The normalized spacial score (nSPS) is 12.0. The largest absolute Gasteiger partial charge is 0.481 e. The predicted molar refractivity (Wildman–Crippen MR) is 68.9 cm³/mol. The summed E-state index contributed by atoms with van der Waals surface area (Å²) in [5.41, 5.74) is 0. The quantitative estimate of drug-likeness (QED) is 0.612. The van der Waals surface area contributed by atoms with Gasteiger partial charge in [0.1, 0.15) is 6.04 Å². The van der Waals surface area contributed by atoms with E-state index in [4.69, 9.17) is 10.2 Å². The van der Waals surface area contributed by atoms with Crippen LogP contribution >= 0.6 is 0 Å². The first-order valence-electron chi connectivity index (χ1n) is 6.20. The number of nitrogens with one attached hydrogen (secondary N) is 1. The lowest BCUT2D eigenvalue weighted by Crippen LogP contribution is -2.47. The fourth-order valence-electron chi connectivity index (χ4n) is 1.34. The molecule has 0 saturated carbocycles. The molecule has 0 aliphatic carbocycles. The van der Waals surface area contributed by atoms with Gasteiger partial charge >= 0.3 is 18.0 Å². The molecule has 0 aromatic carbocycles. The van der Waals surface area contributed by atoms with Crippen LogP contribution in [-0.2, 0) is 9.59 Å². The van der Waals surface area contributed by atoms with Crippen molar-refractivity contribution >= 4 is 18.0 Å². The number of aliphatic carboxylic acids is 2. The van der Waals surface area contributed by atoms with Crippen molar-refractivity contribution in [3.05, 3.63) is 0 Å². The van der Waals surface area contributed by atoms with E-state index in [0.29, 0.717) is 12.5 Å². The second-order valence-corrected chi connectivity index (χ2v) is 4.88. The third-order valence-corrected chi connectivity index (χ3v) is 2.63. The van der Waals surface area contributed by atoms with Gasteiger partial charge in [0.2, 0.25) is 0 Å². The molecule has 0 rings (SSSR count). The fraction of sp³-hybridized carbons (Fsp3) is 0.750. The summed E-state index contributed by atoms with van der Waals surface area (Å²) in [7, 11) is 1.58. The molecule has 0 saturated heterocycles. The highest BCUT2D eigenvalue weighted by molar-refractivity contribution is 5.82. The first kappa shape index (κ1) is 17.2. The average Bonchev–Trinajstić information content (AvgIpc) is 2.30. The van der Waals surface area contributed by atoms with Crippen molar-refractivity contribution in [1.29, 1.82) is 0 Å². The van der Waals surface area contributed by atoms with Crippen LogP contribution < -0.4 is 5.32 Å². The van der Waals surface area contributed by atoms with Gasteiger partial charge in [0, 0.05) is 20.0 Å². The number of carbonyl (C=O) groups is 3. The molecule has 7 nitrogen and oxygen atoms in total. The van der Waals surface area contributed by atoms with Crippen LogP contribution in [0.25, 0.3) is 0 Å². The summed E-state index contributed by atoms with van der Waals surface area (Å²) in [4.78, 5) is 34.4. The molecule has 7 heteroatoms. The van der Waals surface area contributed by atoms with Gasteiger partial charge in [-0.05, 0) is 18.8 Å². The monoisotopic (exact) mass is 274 g/mol. The minimum atomic E-state index is -1.23. The molecule has 2 amide bonds. The van der Waals surface area contributed by atoms with Crippen molar-refractivity contribution in [2.24, 2.45) is 5.92 Å². The standard InChI is InChI=1S/C12H22N2O5/c1-8(2)6-7-14(3)12(19)13-9(11(17)18)4-5-10(15)16/h8-9H,4-7H2,1-3H3,(H,13,19)(H,15,16)(H,17,18). The van der Waals surface area contributed by atoms with Crippen LogP contribution in [0.15, 0.2) is 0 Å². The van der Waals surface area contributed by atoms with Gasteiger partial charge in [-0.3, -0.25) is 4.79 Å². The minimum absolute atomic E-state index is 0.131. The van der Waals surface area contributed by atoms with Crippen LogP contribution in [0.3, 0.4) is 0 Å². The highest BCUT2D eigenvalue weighted by atomic mass is 16.4. The molecule has 0 aromatic heterocycles. The summed E-state index contributed by atoms with van der Waals surface area (Å²) in [6.07, 6.45) is 0.387. The highest BCUT2D eigenvalue weighted by Gasteiger charge is 2.22. The molecule has 0 aliphatic heterocycles. The number of amides is 2. The summed E-state index contributed by atoms with van der Waals surface area (Å²) in [5, 5.41) is 19.7. The maximum atomic E-state index is 11.7. The predicted octanol–water partition coefficient (Wildman–Crippen LogP) is 0.992. The van der Waals surface area contributed by atoms with Gasteiger partial charge in [-0.25, -0.2) is 9.59 Å². The van der Waals surface area contributed by atoms with Crippen molar-refractivity contribution in [1.82, 2.24) is 10.2 Å². The zero-order chi connectivity index (χ0) is 15.0. The van der Waals surface area contributed by atoms with Gasteiger partial charge in [-0.15, -0.1) is 0 Å². The molecule has 0 radical (unpaired) electrons. The van der Waals surface area contributed by atoms with Crippen molar-refractivity contribution in [3.8, 4) is 0 Å². The van der Waals surface area contributed by atoms with E-state index in [9.17, 15) is 14.4 Å². The number of urea groups is 1. The first-order valence-corrected chi connectivity index (χ1v) is 6.20. The molecular weight excluding hydrogens is 252 g/mol. The number of rotatable bonds is 8. The van der Waals surface area contributed by atoms with Gasteiger partial charge in [-0.1, -0.05) is 13.8 Å². The Morgan fingerprint density at radius 1 is 1.16 bits per heavy atom. The molecule has 0 heterocycles. The van der Waals surface area contributed by atoms with Crippen LogP contribution in [0, 0.1) is 5.92 Å². The van der Waals surface area contributed by atoms with Crippen molar-refractivity contribution in [2.75, 3.05) is 13.6 Å². The van der Waals surface area contributed by atoms with Gasteiger partial charge in [0.05, 0.1) is 0 Å². The lowest BCUT2D eigenvalue weighted by Gasteiger charge is -2.21. The molecule has 0 spiro atoms. The Morgan fingerprint density at radius 2 is 1.74 bits per heavy atom. The summed E-state index contributed by atoms with van der Waals surface area (Å²) < 4.78 is 0. The molecular formula is C12H22N2O5. The van der Waals surface area contributed by atoms with Crippen LogP contribution in [0.4, 0.5) is 4.79 Å². The molecule has 1 unspecified atom stereocenters. The Hall–Kier alpha value is -1.79. The van der Waals surface area contributed by atoms with Crippen molar-refractivity contribution in [3.63, 3.8) is 0 Å². The molecule has 110 valence electrons. The smallest absolute Gasteiger partial charge is 0.326 e. The van der Waals surface area contributed by atoms with Gasteiger partial charge in [0.25, 0.3) is 0 Å². The average molecular weight is 274 g/mol. The van der Waals surface area contributed by atoms with E-state index in [0.717, 1.165) is 6.42 Å². The Labute approximate surface area is 112 Å². The van der Waals surface area contributed by atoms with E-state index in [1.54, 1.807) is 7.05 Å². The van der Waals surface area contributed by atoms with Crippen molar-refractivity contribution < 1.29 is 24.6 Å². The summed E-state index contributed by atoms with van der Waals surface area (Å²) >= 11 is 0. The molecule has 19 heavy (non-hydrogen) atoms. The van der Waals surface area contributed by atoms with E-state index in [2.05, 4.69) is 5.32 Å². The number of carboxylic acids is 2. The van der Waals surface area contributed by atoms with E-state index in [-0.39, 0.29) is 12.8 Å². The second-order valence-electron chi connectivity index (χ2n) is 4.88. The second kappa shape index (κ2) is 8.34. The van der Waals surface area contributed by atoms with E-state index < -0.39 is 24.0 Å². The molecule has 0 aliphatic rings. The van der Waals surface area contributed by atoms with E-state index in [1.165, 1.54) is 4.90 Å². The number of carbonyl (C=O) groups excluding carboxylic acids is 1. The van der Waals surface area contributed by atoms with Gasteiger partial charge in [0.15, 0.2) is 0 Å². The summed E-state index contributed by atoms with van der Waals surface area (Å²) in [6, 6.07) is -1.68. The number of carboxylic acid groups (broad SMARTS) is 2. The zero-order valence-corrected chi connectivity index (χ0v) is 11.5. The van der Waals surface area contributed by atoms with Crippen LogP contribution in [0.5, 0.6) is 0 Å². The maximum absolute atomic E-state index is 11.7. The molecule has 0 fully saturated rings. The lowest BCUT2D eigenvalue weighted by atomic mass is 10.1. The number of hydrogen-bond donors (Lipinski definition) is 3. The van der Waals surface area contributed by atoms with Crippen LogP contribution in [0.1, 0.15) is 33.1 Å². The SMILES string of the molecule is CC(C)CCN(C)C(=O)NC(CCC(=O)O)C(=O)O. The Balaban J connectivity index is 4.29. The molecule has 0 aromatic rings. The number of nitrogens with zero attached hydrogens (tertiary/aromatic N) is 1. The third kappa shape index (κ3) is 8.01. The van der Waals surface area contributed by atoms with Crippen LogP contribution in [-0.4, -0.2) is 52.7 Å². The maximum Gasteiger partial charge on any atom is 0.326 e. The van der Waals surface area contributed by atoms with Crippen molar-refractivity contribution in [2.45, 2.75) is 39.2 Å². The summed E-state index contributed by atoms with van der Waals surface area (Å²) in [6.45, 7) is 4.58. The Kier molecular flexibility index (Phi) is 7.55. The first-order chi connectivity index (χ1) is 8.73. The van der Waals surface area contributed by atoms with Gasteiger partial charge < -0.3 is 20.4 Å². The highest BCUT2D eigenvalue weighted by Crippen LogP contribution is 2.03. The molecule has 0 bridgehead atoms. The zero-order valence-electron chi connectivity index (χ0n) is 11.5. The molecule has 3 N–H and O–H groups in total. The minimum Gasteiger partial charge on any atom is -0.481 e. The fourth-order valence-corrected chi connectivity index (χ4v) is 1.34. The van der Waals surface area contributed by atoms with Gasteiger partial charge in [-0.2, -0.15) is 0 Å². The Bertz CT molecular complexity index is 330. The van der Waals surface area contributed by atoms with E-state index in [1.807, 2.05) is 13.8 Å². The van der Waals surface area contributed by atoms with Crippen LogP contribution in [0.2, 0.25) is 0 Å². The summed E-state index contributed by atoms with van der Waals surface area (Å²) in [5.74, 6) is -1.88. The molecule has 1 atom stereocenters. The lowest BCUT2D eigenvalue weighted by molar-refractivity contribution is -0.140. The topological polar surface area (TPSA) is 107 Å².